The quantitative estimate of drug-likeness (QED) is 0.569. The Hall–Kier alpha value is -3.28. The third kappa shape index (κ3) is 5.36. The smallest absolute Gasteiger partial charge is 0.270 e. The molecule has 1 heterocycles. The highest BCUT2D eigenvalue weighted by atomic mass is 19.1. The van der Waals surface area contributed by atoms with Crippen molar-refractivity contribution in [1.29, 1.82) is 0 Å². The number of amides is 1. The first-order valence-corrected chi connectivity index (χ1v) is 9.36. The Labute approximate surface area is 164 Å². The van der Waals surface area contributed by atoms with Crippen molar-refractivity contribution in [2.24, 2.45) is 0 Å². The molecule has 0 fully saturated rings. The Kier molecular flexibility index (Phi) is 6.68. The van der Waals surface area contributed by atoms with Crippen molar-refractivity contribution >= 4 is 11.7 Å². The maximum absolute atomic E-state index is 13.1. The van der Waals surface area contributed by atoms with Crippen molar-refractivity contribution in [3.05, 3.63) is 77.7 Å². The van der Waals surface area contributed by atoms with Crippen LogP contribution in [0.15, 0.2) is 60.7 Å². The van der Waals surface area contributed by atoms with Gasteiger partial charge in [-0.1, -0.05) is 55.8 Å². The lowest BCUT2D eigenvalue weighted by Crippen LogP contribution is -2.25. The number of nitrogens with zero attached hydrogens (tertiary/aromatic N) is 2. The van der Waals surface area contributed by atoms with Crippen LogP contribution in [0, 0.1) is 5.82 Å². The SMILES string of the molecule is CCCCNC(=O)c1cc(NCc2ccc(F)cc2)nc(-c2ccccc2)n1. The van der Waals surface area contributed by atoms with E-state index in [1.54, 1.807) is 18.2 Å². The molecule has 3 rings (SSSR count). The summed E-state index contributed by atoms with van der Waals surface area (Å²) in [5.74, 6) is 0.519. The van der Waals surface area contributed by atoms with Crippen LogP contribution in [0.2, 0.25) is 0 Å². The van der Waals surface area contributed by atoms with Crippen molar-refractivity contribution in [2.75, 3.05) is 11.9 Å². The molecule has 28 heavy (non-hydrogen) atoms. The summed E-state index contributed by atoms with van der Waals surface area (Å²) in [7, 11) is 0. The fourth-order valence-electron chi connectivity index (χ4n) is 2.63. The third-order valence-electron chi connectivity index (χ3n) is 4.19. The van der Waals surface area contributed by atoms with Crippen molar-refractivity contribution in [2.45, 2.75) is 26.3 Å². The normalized spacial score (nSPS) is 10.5. The van der Waals surface area contributed by atoms with E-state index in [9.17, 15) is 9.18 Å². The lowest BCUT2D eigenvalue weighted by Gasteiger charge is -2.11. The zero-order valence-corrected chi connectivity index (χ0v) is 15.8. The molecule has 0 radical (unpaired) electrons. The van der Waals surface area contributed by atoms with Crippen LogP contribution in [0.5, 0.6) is 0 Å². The van der Waals surface area contributed by atoms with Crippen LogP contribution in [0.1, 0.15) is 35.8 Å². The van der Waals surface area contributed by atoms with E-state index in [0.717, 1.165) is 24.0 Å². The first-order valence-electron chi connectivity index (χ1n) is 9.36. The molecule has 3 aromatic rings. The third-order valence-corrected chi connectivity index (χ3v) is 4.19. The van der Waals surface area contributed by atoms with Crippen LogP contribution < -0.4 is 10.6 Å². The molecule has 2 N–H and O–H groups in total. The standard InChI is InChI=1S/C22H23FN4O/c1-2-3-13-24-22(28)19-14-20(25-15-16-9-11-18(23)12-10-16)27-21(26-19)17-7-5-4-6-8-17/h4-12,14H,2-3,13,15H2,1H3,(H,24,28)(H,25,26,27). The van der Waals surface area contributed by atoms with Crippen molar-refractivity contribution in [1.82, 2.24) is 15.3 Å². The van der Waals surface area contributed by atoms with Crippen molar-refractivity contribution in [3.8, 4) is 11.4 Å². The topological polar surface area (TPSA) is 66.9 Å². The predicted molar refractivity (Wildman–Crippen MR) is 108 cm³/mol. The van der Waals surface area contributed by atoms with Crippen LogP contribution in [-0.4, -0.2) is 22.4 Å². The van der Waals surface area contributed by atoms with E-state index in [1.165, 1.54) is 12.1 Å². The summed E-state index contributed by atoms with van der Waals surface area (Å²) < 4.78 is 13.1. The molecule has 0 spiro atoms. The van der Waals surface area contributed by atoms with Crippen LogP contribution in [0.25, 0.3) is 11.4 Å². The lowest BCUT2D eigenvalue weighted by molar-refractivity contribution is 0.0948. The summed E-state index contributed by atoms with van der Waals surface area (Å²) in [6.07, 6.45) is 1.92. The first-order chi connectivity index (χ1) is 13.7. The number of halogens is 1. The van der Waals surface area contributed by atoms with E-state index in [4.69, 9.17) is 0 Å². The Morgan fingerprint density at radius 2 is 1.79 bits per heavy atom. The van der Waals surface area contributed by atoms with Gasteiger partial charge in [0.05, 0.1) is 0 Å². The highest BCUT2D eigenvalue weighted by Crippen LogP contribution is 2.18. The maximum Gasteiger partial charge on any atom is 0.270 e. The fourth-order valence-corrected chi connectivity index (χ4v) is 2.63. The zero-order chi connectivity index (χ0) is 19.8. The largest absolute Gasteiger partial charge is 0.366 e. The second-order valence-corrected chi connectivity index (χ2v) is 6.42. The Morgan fingerprint density at radius 3 is 2.50 bits per heavy atom. The highest BCUT2D eigenvalue weighted by molar-refractivity contribution is 5.93. The van der Waals surface area contributed by atoms with Gasteiger partial charge in [0.15, 0.2) is 5.82 Å². The number of anilines is 1. The van der Waals surface area contributed by atoms with Crippen LogP contribution in [0.4, 0.5) is 10.2 Å². The molecular weight excluding hydrogens is 355 g/mol. The minimum absolute atomic E-state index is 0.224. The van der Waals surface area contributed by atoms with Gasteiger partial charge in [0.25, 0.3) is 5.91 Å². The zero-order valence-electron chi connectivity index (χ0n) is 15.8. The van der Waals surface area contributed by atoms with Gasteiger partial charge in [0.2, 0.25) is 0 Å². The average molecular weight is 378 g/mol. The maximum atomic E-state index is 13.1. The van der Waals surface area contributed by atoms with Gasteiger partial charge in [-0.3, -0.25) is 4.79 Å². The van der Waals surface area contributed by atoms with E-state index < -0.39 is 0 Å². The van der Waals surface area contributed by atoms with E-state index in [0.29, 0.717) is 30.4 Å². The van der Waals surface area contributed by atoms with Gasteiger partial charge in [-0.25, -0.2) is 14.4 Å². The number of carbonyl (C=O) groups is 1. The molecule has 144 valence electrons. The van der Waals surface area contributed by atoms with Crippen LogP contribution in [-0.2, 0) is 6.54 Å². The van der Waals surface area contributed by atoms with Gasteiger partial charge in [-0.15, -0.1) is 0 Å². The number of carbonyl (C=O) groups excluding carboxylic acids is 1. The highest BCUT2D eigenvalue weighted by Gasteiger charge is 2.13. The molecule has 0 aliphatic carbocycles. The number of unbranched alkanes of at least 4 members (excludes halogenated alkanes) is 1. The van der Waals surface area contributed by atoms with Gasteiger partial charge < -0.3 is 10.6 Å². The Balaban J connectivity index is 1.84. The molecule has 0 saturated heterocycles. The molecule has 1 aromatic heterocycles. The number of aromatic nitrogens is 2. The fraction of sp³-hybridized carbons (Fsp3) is 0.227. The van der Waals surface area contributed by atoms with Gasteiger partial charge in [-0.05, 0) is 24.1 Å². The van der Waals surface area contributed by atoms with E-state index >= 15 is 0 Å². The summed E-state index contributed by atoms with van der Waals surface area (Å²) in [6.45, 7) is 3.14. The van der Waals surface area contributed by atoms with Crippen LogP contribution >= 0.6 is 0 Å². The number of rotatable bonds is 8. The summed E-state index contributed by atoms with van der Waals surface area (Å²) >= 11 is 0. The monoisotopic (exact) mass is 378 g/mol. The van der Waals surface area contributed by atoms with Gasteiger partial charge >= 0.3 is 0 Å². The lowest BCUT2D eigenvalue weighted by atomic mass is 10.2. The second-order valence-electron chi connectivity index (χ2n) is 6.42. The molecule has 0 atom stereocenters. The van der Waals surface area contributed by atoms with Crippen molar-refractivity contribution < 1.29 is 9.18 Å². The Bertz CT molecular complexity index is 914. The average Bonchev–Trinajstić information content (AvgIpc) is 2.74. The molecule has 1 amide bonds. The van der Waals surface area contributed by atoms with E-state index in [2.05, 4.69) is 27.5 Å². The number of nitrogens with one attached hydrogen (secondary N) is 2. The molecule has 0 saturated carbocycles. The number of hydrogen-bond donors (Lipinski definition) is 2. The number of hydrogen-bond acceptors (Lipinski definition) is 4. The molecule has 0 aliphatic rings. The van der Waals surface area contributed by atoms with Crippen molar-refractivity contribution in [3.63, 3.8) is 0 Å². The molecule has 2 aromatic carbocycles. The van der Waals surface area contributed by atoms with Gasteiger partial charge in [0, 0.05) is 24.7 Å². The summed E-state index contributed by atoms with van der Waals surface area (Å²) in [5, 5.41) is 6.09. The summed E-state index contributed by atoms with van der Waals surface area (Å²) in [5.41, 5.74) is 2.05. The predicted octanol–water partition coefficient (Wildman–Crippen LogP) is 4.42. The Morgan fingerprint density at radius 1 is 1.04 bits per heavy atom. The van der Waals surface area contributed by atoms with Gasteiger partial charge in [0.1, 0.15) is 17.3 Å². The molecule has 0 bridgehead atoms. The number of benzene rings is 2. The summed E-state index contributed by atoms with van der Waals surface area (Å²) in [4.78, 5) is 21.5. The first kappa shape index (κ1) is 19.5. The summed E-state index contributed by atoms with van der Waals surface area (Å²) in [6, 6.07) is 17.4. The molecule has 5 nitrogen and oxygen atoms in total. The van der Waals surface area contributed by atoms with E-state index in [-0.39, 0.29) is 11.7 Å². The minimum Gasteiger partial charge on any atom is -0.366 e. The van der Waals surface area contributed by atoms with Crippen LogP contribution in [0.3, 0.4) is 0 Å². The van der Waals surface area contributed by atoms with E-state index in [1.807, 2.05) is 30.3 Å². The minimum atomic E-state index is -0.275. The molecule has 0 aliphatic heterocycles. The molecule has 6 heteroatoms. The molecule has 0 unspecified atom stereocenters. The second kappa shape index (κ2) is 9.60. The molecular formula is C22H23FN4O. The van der Waals surface area contributed by atoms with Gasteiger partial charge in [-0.2, -0.15) is 0 Å².